The third-order valence-electron chi connectivity index (χ3n) is 1.23. The Hall–Kier alpha value is -1.62. The minimum absolute atomic E-state index is 0.293. The Morgan fingerprint density at radius 3 is 2.06 bits per heavy atom. The molecule has 0 N–H and O–H groups in total. The average molecular weight is 230 g/mol. The number of carbonyl (C=O) groups is 2. The Labute approximate surface area is 95.7 Å². The summed E-state index contributed by atoms with van der Waals surface area (Å²) in [4.78, 5) is 20.5. The Morgan fingerprint density at radius 2 is 1.81 bits per heavy atom. The smallest absolute Gasteiger partial charge is 0.332 e. The lowest BCUT2D eigenvalue weighted by Crippen LogP contribution is -2.06. The molecule has 0 radical (unpaired) electrons. The Balaban J connectivity index is 0. The van der Waals surface area contributed by atoms with E-state index in [1.807, 2.05) is 0 Å². The average Bonchev–Trinajstić information content (AvgIpc) is 2.28. The van der Waals surface area contributed by atoms with Crippen LogP contribution in [0.15, 0.2) is 24.8 Å². The molecule has 0 bridgehead atoms. The van der Waals surface area contributed by atoms with Gasteiger partial charge in [-0.1, -0.05) is 13.2 Å². The predicted octanol–water partition coefficient (Wildman–Crippen LogP) is 1.10. The van der Waals surface area contributed by atoms with Crippen LogP contribution in [0.3, 0.4) is 0 Å². The standard InChI is InChI=1S/C6H10O3.C5H8O2/c1-3-6(7)9-5-4-8-2;1-4(2)5(6)7-3/h3H,1,4-5H2,2H3;1H2,2-3H3. The molecule has 0 saturated heterocycles. The van der Waals surface area contributed by atoms with Gasteiger partial charge < -0.3 is 14.2 Å². The van der Waals surface area contributed by atoms with Crippen LogP contribution >= 0.6 is 0 Å². The van der Waals surface area contributed by atoms with E-state index in [9.17, 15) is 9.59 Å². The maximum absolute atomic E-state index is 10.3. The fourth-order valence-electron chi connectivity index (χ4n) is 0.459. The molecule has 92 valence electrons. The topological polar surface area (TPSA) is 61.8 Å². The van der Waals surface area contributed by atoms with E-state index >= 15 is 0 Å². The molecule has 0 aliphatic heterocycles. The summed E-state index contributed by atoms with van der Waals surface area (Å²) in [5.41, 5.74) is 0.433. The van der Waals surface area contributed by atoms with Gasteiger partial charge in [0.2, 0.25) is 0 Å². The van der Waals surface area contributed by atoms with Crippen molar-refractivity contribution >= 4 is 11.9 Å². The highest BCUT2D eigenvalue weighted by molar-refractivity contribution is 5.86. The zero-order valence-corrected chi connectivity index (χ0v) is 9.95. The Kier molecular flexibility index (Phi) is 12.0. The van der Waals surface area contributed by atoms with Crippen molar-refractivity contribution in [3.8, 4) is 0 Å². The van der Waals surface area contributed by atoms with Crippen molar-refractivity contribution in [2.24, 2.45) is 0 Å². The van der Waals surface area contributed by atoms with E-state index in [1.165, 1.54) is 7.11 Å². The highest BCUT2D eigenvalue weighted by Gasteiger charge is 1.95. The molecule has 0 heterocycles. The number of rotatable bonds is 5. The molecule has 0 aliphatic rings. The third kappa shape index (κ3) is 12.4. The molecule has 0 saturated carbocycles. The lowest BCUT2D eigenvalue weighted by molar-refractivity contribution is -0.139. The molecule has 0 aromatic rings. The highest BCUT2D eigenvalue weighted by atomic mass is 16.6. The lowest BCUT2D eigenvalue weighted by Gasteiger charge is -1.98. The van der Waals surface area contributed by atoms with Crippen LogP contribution in [0.1, 0.15) is 6.92 Å². The Morgan fingerprint density at radius 1 is 1.25 bits per heavy atom. The minimum atomic E-state index is -0.410. The summed E-state index contributed by atoms with van der Waals surface area (Å²) in [5, 5.41) is 0. The van der Waals surface area contributed by atoms with E-state index in [0.717, 1.165) is 6.08 Å². The van der Waals surface area contributed by atoms with Crippen molar-refractivity contribution in [3.63, 3.8) is 0 Å². The minimum Gasteiger partial charge on any atom is -0.466 e. The van der Waals surface area contributed by atoms with E-state index < -0.39 is 5.97 Å². The quantitative estimate of drug-likeness (QED) is 0.402. The van der Waals surface area contributed by atoms with Crippen LogP contribution in [0.25, 0.3) is 0 Å². The van der Waals surface area contributed by atoms with Gasteiger partial charge in [0.05, 0.1) is 13.7 Å². The zero-order chi connectivity index (χ0) is 13.0. The predicted molar refractivity (Wildman–Crippen MR) is 59.9 cm³/mol. The second kappa shape index (κ2) is 11.5. The molecule has 0 rings (SSSR count). The van der Waals surface area contributed by atoms with Crippen LogP contribution in [-0.2, 0) is 23.8 Å². The van der Waals surface area contributed by atoms with Crippen molar-refractivity contribution < 1.29 is 23.8 Å². The summed E-state index contributed by atoms with van der Waals surface area (Å²) in [6, 6.07) is 0. The van der Waals surface area contributed by atoms with E-state index in [4.69, 9.17) is 0 Å². The first-order chi connectivity index (χ1) is 7.49. The molecule has 0 fully saturated rings. The van der Waals surface area contributed by atoms with Crippen LogP contribution in [0.4, 0.5) is 0 Å². The van der Waals surface area contributed by atoms with Gasteiger partial charge in [0.25, 0.3) is 0 Å². The number of carbonyl (C=O) groups excluding carboxylic acids is 2. The van der Waals surface area contributed by atoms with Crippen molar-refractivity contribution in [1.29, 1.82) is 0 Å². The fraction of sp³-hybridized carbons (Fsp3) is 0.455. The molecule has 5 nitrogen and oxygen atoms in total. The molecule has 0 aliphatic carbocycles. The molecule has 16 heavy (non-hydrogen) atoms. The number of hydrogen-bond donors (Lipinski definition) is 0. The monoisotopic (exact) mass is 230 g/mol. The van der Waals surface area contributed by atoms with Gasteiger partial charge in [-0.25, -0.2) is 9.59 Å². The number of hydrogen-bond acceptors (Lipinski definition) is 5. The van der Waals surface area contributed by atoms with E-state index in [2.05, 4.69) is 27.4 Å². The van der Waals surface area contributed by atoms with Gasteiger partial charge in [0.15, 0.2) is 0 Å². The van der Waals surface area contributed by atoms with Crippen LogP contribution in [0.5, 0.6) is 0 Å². The maximum Gasteiger partial charge on any atom is 0.332 e. The van der Waals surface area contributed by atoms with Gasteiger partial charge in [-0.05, 0) is 6.92 Å². The normalized spacial score (nSPS) is 8.19. The summed E-state index contributed by atoms with van der Waals surface area (Å²) in [6.07, 6.45) is 1.12. The largest absolute Gasteiger partial charge is 0.466 e. The molecule has 0 aromatic carbocycles. The second-order valence-electron chi connectivity index (χ2n) is 2.64. The van der Waals surface area contributed by atoms with Gasteiger partial charge in [-0.2, -0.15) is 0 Å². The first-order valence-corrected chi connectivity index (χ1v) is 4.51. The summed E-state index contributed by atoms with van der Waals surface area (Å²) < 4.78 is 13.4. The molecule has 0 aromatic heterocycles. The Bertz CT molecular complexity index is 245. The summed E-state index contributed by atoms with van der Waals surface area (Å²) >= 11 is 0. The molecule has 0 unspecified atom stereocenters. The van der Waals surface area contributed by atoms with Gasteiger partial charge in [-0.3, -0.25) is 0 Å². The molecular weight excluding hydrogens is 212 g/mol. The molecule has 5 heteroatoms. The first-order valence-electron chi connectivity index (χ1n) is 4.51. The SMILES string of the molecule is C=C(C)C(=O)OC.C=CC(=O)OCCOC. The van der Waals surface area contributed by atoms with Crippen molar-refractivity contribution in [1.82, 2.24) is 0 Å². The number of ether oxygens (including phenoxy) is 3. The molecule has 0 atom stereocenters. The van der Waals surface area contributed by atoms with Crippen molar-refractivity contribution in [3.05, 3.63) is 24.8 Å². The van der Waals surface area contributed by atoms with Gasteiger partial charge >= 0.3 is 11.9 Å². The van der Waals surface area contributed by atoms with E-state index in [-0.39, 0.29) is 5.97 Å². The van der Waals surface area contributed by atoms with Crippen LogP contribution in [-0.4, -0.2) is 39.4 Å². The van der Waals surface area contributed by atoms with E-state index in [1.54, 1.807) is 14.0 Å². The van der Waals surface area contributed by atoms with Gasteiger partial charge in [0.1, 0.15) is 6.61 Å². The summed E-state index contributed by atoms with van der Waals surface area (Å²) in [5.74, 6) is -0.757. The maximum atomic E-state index is 10.3. The van der Waals surface area contributed by atoms with Crippen molar-refractivity contribution in [2.45, 2.75) is 6.92 Å². The van der Waals surface area contributed by atoms with Crippen LogP contribution in [0.2, 0.25) is 0 Å². The van der Waals surface area contributed by atoms with Gasteiger partial charge in [-0.15, -0.1) is 0 Å². The lowest BCUT2D eigenvalue weighted by atomic mass is 10.4. The van der Waals surface area contributed by atoms with Gasteiger partial charge in [0, 0.05) is 18.8 Å². The molecule has 0 amide bonds. The fourth-order valence-corrected chi connectivity index (χ4v) is 0.459. The van der Waals surface area contributed by atoms with Crippen LogP contribution < -0.4 is 0 Å². The molecular formula is C11H18O5. The number of methoxy groups -OCH3 is 2. The molecule has 0 spiro atoms. The van der Waals surface area contributed by atoms with Crippen LogP contribution in [0, 0.1) is 0 Å². The summed E-state index contributed by atoms with van der Waals surface area (Å²) in [7, 11) is 2.87. The first kappa shape index (κ1) is 16.8. The van der Waals surface area contributed by atoms with Crippen molar-refractivity contribution in [2.75, 3.05) is 27.4 Å². The number of esters is 2. The third-order valence-corrected chi connectivity index (χ3v) is 1.23. The zero-order valence-electron chi connectivity index (χ0n) is 9.95. The highest BCUT2D eigenvalue weighted by Crippen LogP contribution is 1.87. The summed E-state index contributed by atoms with van der Waals surface area (Å²) in [6.45, 7) is 8.90. The second-order valence-corrected chi connectivity index (χ2v) is 2.64. The van der Waals surface area contributed by atoms with E-state index in [0.29, 0.717) is 18.8 Å².